The highest BCUT2D eigenvalue weighted by atomic mass is 16.6. The zero-order valence-corrected chi connectivity index (χ0v) is 15.2. The van der Waals surface area contributed by atoms with Crippen LogP contribution in [0, 0.1) is 0 Å². The van der Waals surface area contributed by atoms with Gasteiger partial charge in [0.15, 0.2) is 28.7 Å². The maximum Gasteiger partial charge on any atom is 0.270 e. The van der Waals surface area contributed by atoms with Crippen molar-refractivity contribution in [1.82, 2.24) is 10.3 Å². The van der Waals surface area contributed by atoms with Crippen molar-refractivity contribution in [2.75, 3.05) is 26.1 Å². The number of hydrogen-bond donors (Lipinski definition) is 1. The van der Waals surface area contributed by atoms with Gasteiger partial charge in [-0.3, -0.25) is 4.79 Å². The lowest BCUT2D eigenvalue weighted by molar-refractivity contribution is -0.125. The second kappa shape index (κ2) is 7.47. The van der Waals surface area contributed by atoms with Crippen molar-refractivity contribution in [2.45, 2.75) is 6.10 Å². The summed E-state index contributed by atoms with van der Waals surface area (Å²) >= 11 is 0. The van der Waals surface area contributed by atoms with E-state index in [4.69, 9.17) is 23.6 Å². The summed E-state index contributed by atoms with van der Waals surface area (Å²) in [5.41, 5.74) is 0.992. The molecule has 9 heteroatoms. The normalized spacial score (nSPS) is 15.0. The minimum absolute atomic E-state index is 0.0832. The molecule has 0 aliphatic carbocycles. The number of carbonyl (C=O) groups is 1. The number of nitrogens with zero attached hydrogens (tertiary/aromatic N) is 2. The summed E-state index contributed by atoms with van der Waals surface area (Å²) in [6, 6.07) is 12.3. The van der Waals surface area contributed by atoms with Gasteiger partial charge in [0, 0.05) is 5.56 Å². The number of ether oxygens (including phenoxy) is 4. The SMILES string of the molecule is COc1ccc(-c2nonc2NC(=O)[C@@H]2COc3ccccc3O2)cc1OC. The lowest BCUT2D eigenvalue weighted by Gasteiger charge is -2.25. The van der Waals surface area contributed by atoms with Gasteiger partial charge in [-0.1, -0.05) is 12.1 Å². The Labute approximate surface area is 160 Å². The predicted molar refractivity (Wildman–Crippen MR) is 97.8 cm³/mol. The number of benzene rings is 2. The molecular formula is C19H17N3O6. The molecule has 1 aliphatic rings. The van der Waals surface area contributed by atoms with Crippen LogP contribution in [0.3, 0.4) is 0 Å². The number of amides is 1. The van der Waals surface area contributed by atoms with E-state index in [0.29, 0.717) is 34.3 Å². The van der Waals surface area contributed by atoms with Crippen molar-refractivity contribution in [3.05, 3.63) is 42.5 Å². The predicted octanol–water partition coefficient (Wildman–Crippen LogP) is 2.53. The number of para-hydroxylation sites is 2. The highest BCUT2D eigenvalue weighted by Gasteiger charge is 2.29. The monoisotopic (exact) mass is 383 g/mol. The van der Waals surface area contributed by atoms with Crippen molar-refractivity contribution >= 4 is 11.7 Å². The summed E-state index contributed by atoms with van der Waals surface area (Å²) in [6.45, 7) is 0.0832. The van der Waals surface area contributed by atoms with Crippen LogP contribution < -0.4 is 24.3 Å². The molecule has 0 saturated heterocycles. The zero-order chi connectivity index (χ0) is 19.5. The highest BCUT2D eigenvalue weighted by Crippen LogP contribution is 2.34. The third-order valence-corrected chi connectivity index (χ3v) is 4.19. The van der Waals surface area contributed by atoms with E-state index in [1.54, 1.807) is 43.5 Å². The first-order chi connectivity index (χ1) is 13.7. The van der Waals surface area contributed by atoms with Crippen molar-refractivity contribution in [1.29, 1.82) is 0 Å². The van der Waals surface area contributed by atoms with Crippen LogP contribution in [0.15, 0.2) is 47.1 Å². The minimum atomic E-state index is -0.829. The molecule has 2 heterocycles. The van der Waals surface area contributed by atoms with Crippen LogP contribution in [0.4, 0.5) is 5.82 Å². The summed E-state index contributed by atoms with van der Waals surface area (Å²) in [5.74, 6) is 1.93. The van der Waals surface area contributed by atoms with Crippen LogP contribution in [0.5, 0.6) is 23.0 Å². The molecule has 4 rings (SSSR count). The number of hydrogen-bond acceptors (Lipinski definition) is 8. The molecule has 1 aliphatic heterocycles. The van der Waals surface area contributed by atoms with Gasteiger partial charge in [0.25, 0.3) is 5.91 Å². The maximum atomic E-state index is 12.6. The van der Waals surface area contributed by atoms with E-state index in [0.717, 1.165) is 0 Å². The lowest BCUT2D eigenvalue weighted by atomic mass is 10.1. The van der Waals surface area contributed by atoms with Crippen LogP contribution in [0.2, 0.25) is 0 Å². The molecule has 1 atom stereocenters. The molecule has 2 aromatic carbocycles. The molecule has 144 valence electrons. The van der Waals surface area contributed by atoms with Gasteiger partial charge in [-0.05, 0) is 40.6 Å². The van der Waals surface area contributed by atoms with Crippen molar-refractivity contribution in [2.24, 2.45) is 0 Å². The summed E-state index contributed by atoms with van der Waals surface area (Å²) < 4.78 is 26.6. The fourth-order valence-electron chi connectivity index (χ4n) is 2.79. The Bertz CT molecular complexity index is 1000. The first kappa shape index (κ1) is 17.7. The second-order valence-electron chi connectivity index (χ2n) is 5.88. The van der Waals surface area contributed by atoms with E-state index >= 15 is 0 Å². The maximum absolute atomic E-state index is 12.6. The topological polar surface area (TPSA) is 105 Å². The molecule has 0 radical (unpaired) electrons. The van der Waals surface area contributed by atoms with Gasteiger partial charge in [-0.15, -0.1) is 0 Å². The molecule has 0 unspecified atom stereocenters. The first-order valence-electron chi connectivity index (χ1n) is 8.44. The third-order valence-electron chi connectivity index (χ3n) is 4.19. The minimum Gasteiger partial charge on any atom is -0.493 e. The molecule has 0 spiro atoms. The Kier molecular flexibility index (Phi) is 4.71. The largest absolute Gasteiger partial charge is 0.493 e. The van der Waals surface area contributed by atoms with Gasteiger partial charge < -0.3 is 24.3 Å². The Balaban J connectivity index is 1.53. The van der Waals surface area contributed by atoms with Gasteiger partial charge in [0.05, 0.1) is 14.2 Å². The molecule has 0 fully saturated rings. The van der Waals surface area contributed by atoms with Gasteiger partial charge in [0.2, 0.25) is 11.9 Å². The Morgan fingerprint density at radius 1 is 1.07 bits per heavy atom. The average Bonchev–Trinajstić information content (AvgIpc) is 3.20. The molecule has 0 bridgehead atoms. The molecule has 1 aromatic heterocycles. The van der Waals surface area contributed by atoms with E-state index in [1.165, 1.54) is 7.11 Å². The fourth-order valence-corrected chi connectivity index (χ4v) is 2.79. The standard InChI is InChI=1S/C19H17N3O6/c1-24-12-8-7-11(9-15(12)25-2)17-18(22-28-21-17)20-19(23)16-10-26-13-5-3-4-6-14(13)27-16/h3-9,16H,10H2,1-2H3,(H,20,22,23)/t16-/m0/s1. The van der Waals surface area contributed by atoms with Crippen LogP contribution in [0.25, 0.3) is 11.3 Å². The Morgan fingerprint density at radius 2 is 1.86 bits per heavy atom. The van der Waals surface area contributed by atoms with Crippen molar-refractivity contribution in [3.8, 4) is 34.3 Å². The van der Waals surface area contributed by atoms with Gasteiger partial charge in [-0.2, -0.15) is 0 Å². The summed E-state index contributed by atoms with van der Waals surface area (Å²) in [5, 5.41) is 10.3. The van der Waals surface area contributed by atoms with Crippen LogP contribution in [-0.2, 0) is 4.79 Å². The molecule has 0 saturated carbocycles. The fraction of sp³-hybridized carbons (Fsp3) is 0.211. The van der Waals surface area contributed by atoms with Crippen LogP contribution in [-0.4, -0.2) is 43.2 Å². The smallest absolute Gasteiger partial charge is 0.270 e. The average molecular weight is 383 g/mol. The zero-order valence-electron chi connectivity index (χ0n) is 15.2. The summed E-state index contributed by atoms with van der Waals surface area (Å²) in [4.78, 5) is 12.6. The number of fused-ring (bicyclic) bond motifs is 1. The lowest BCUT2D eigenvalue weighted by Crippen LogP contribution is -2.40. The van der Waals surface area contributed by atoms with Crippen molar-refractivity contribution in [3.63, 3.8) is 0 Å². The van der Waals surface area contributed by atoms with E-state index in [-0.39, 0.29) is 12.4 Å². The number of aromatic nitrogens is 2. The Morgan fingerprint density at radius 3 is 2.64 bits per heavy atom. The van der Waals surface area contributed by atoms with Crippen LogP contribution >= 0.6 is 0 Å². The highest BCUT2D eigenvalue weighted by molar-refractivity contribution is 5.96. The number of nitrogens with one attached hydrogen (secondary N) is 1. The van der Waals surface area contributed by atoms with Gasteiger partial charge >= 0.3 is 0 Å². The number of rotatable bonds is 5. The molecule has 3 aromatic rings. The summed E-state index contributed by atoms with van der Waals surface area (Å²) in [7, 11) is 3.08. The molecule has 1 N–H and O–H groups in total. The number of methoxy groups -OCH3 is 2. The van der Waals surface area contributed by atoms with E-state index in [2.05, 4.69) is 15.6 Å². The number of carbonyl (C=O) groups excluding carboxylic acids is 1. The molecular weight excluding hydrogens is 366 g/mol. The van der Waals surface area contributed by atoms with Gasteiger partial charge in [0.1, 0.15) is 6.61 Å². The summed E-state index contributed by atoms with van der Waals surface area (Å²) in [6.07, 6.45) is -0.829. The van der Waals surface area contributed by atoms with E-state index in [1.807, 2.05) is 6.07 Å². The first-order valence-corrected chi connectivity index (χ1v) is 8.44. The molecule has 9 nitrogen and oxygen atoms in total. The Hall–Kier alpha value is -3.75. The van der Waals surface area contributed by atoms with Gasteiger partial charge in [-0.25, -0.2) is 4.63 Å². The van der Waals surface area contributed by atoms with Crippen LogP contribution in [0.1, 0.15) is 0 Å². The third kappa shape index (κ3) is 3.29. The van der Waals surface area contributed by atoms with Crippen molar-refractivity contribution < 1.29 is 28.4 Å². The second-order valence-corrected chi connectivity index (χ2v) is 5.88. The van der Waals surface area contributed by atoms with E-state index < -0.39 is 12.0 Å². The molecule has 28 heavy (non-hydrogen) atoms. The number of anilines is 1. The quantitative estimate of drug-likeness (QED) is 0.717. The molecule has 1 amide bonds. The van der Waals surface area contributed by atoms with E-state index in [9.17, 15) is 4.79 Å².